The molecule has 0 unspecified atom stereocenters. The maximum absolute atomic E-state index is 12.6. The van der Waals surface area contributed by atoms with E-state index in [2.05, 4.69) is 41.4 Å². The highest BCUT2D eigenvalue weighted by atomic mass is 16.5. The van der Waals surface area contributed by atoms with Crippen molar-refractivity contribution >= 4 is 29.5 Å². The molecule has 0 aliphatic carbocycles. The average molecular weight is 393 g/mol. The summed E-state index contributed by atoms with van der Waals surface area (Å²) in [6.07, 6.45) is 3.08. The zero-order valence-corrected chi connectivity index (χ0v) is 16.9. The van der Waals surface area contributed by atoms with Gasteiger partial charge in [0, 0.05) is 43.6 Å². The van der Waals surface area contributed by atoms with Gasteiger partial charge in [0.05, 0.1) is 6.61 Å². The van der Waals surface area contributed by atoms with Gasteiger partial charge in [-0.3, -0.25) is 0 Å². The van der Waals surface area contributed by atoms with Crippen LogP contribution >= 0.6 is 0 Å². The van der Waals surface area contributed by atoms with Gasteiger partial charge < -0.3 is 19.9 Å². The molecule has 0 atom stereocenters. The monoisotopic (exact) mass is 393 g/mol. The summed E-state index contributed by atoms with van der Waals surface area (Å²) in [6, 6.07) is 15.7. The van der Waals surface area contributed by atoms with E-state index < -0.39 is 0 Å². The molecule has 0 bridgehead atoms. The van der Waals surface area contributed by atoms with Crippen LogP contribution in [0, 0.1) is 6.92 Å². The van der Waals surface area contributed by atoms with Gasteiger partial charge in [-0.1, -0.05) is 24.3 Å². The number of ether oxygens (including phenoxy) is 1. The first kappa shape index (κ1) is 20.5. The van der Waals surface area contributed by atoms with Gasteiger partial charge >= 0.3 is 12.0 Å². The van der Waals surface area contributed by atoms with E-state index in [1.54, 1.807) is 13.0 Å². The second-order valence-electron chi connectivity index (χ2n) is 6.95. The molecule has 0 saturated carbocycles. The van der Waals surface area contributed by atoms with E-state index in [0.29, 0.717) is 19.7 Å². The van der Waals surface area contributed by atoms with Crippen LogP contribution in [0.1, 0.15) is 18.1 Å². The average Bonchev–Trinajstić information content (AvgIpc) is 2.73. The Bertz CT molecular complexity index is 869. The molecular formula is C23H27N3O3. The van der Waals surface area contributed by atoms with E-state index in [0.717, 1.165) is 24.3 Å². The lowest BCUT2D eigenvalue weighted by molar-refractivity contribution is -0.137. The molecule has 1 aliphatic rings. The highest BCUT2D eigenvalue weighted by molar-refractivity contribution is 5.90. The summed E-state index contributed by atoms with van der Waals surface area (Å²) in [7, 11) is 0. The summed E-state index contributed by atoms with van der Waals surface area (Å²) in [4.78, 5) is 28.1. The number of anilines is 2. The molecule has 1 N–H and O–H groups in total. The number of piperazine rings is 1. The van der Waals surface area contributed by atoms with Gasteiger partial charge in [-0.15, -0.1) is 0 Å². The summed E-state index contributed by atoms with van der Waals surface area (Å²) < 4.78 is 4.86. The zero-order chi connectivity index (χ0) is 20.6. The van der Waals surface area contributed by atoms with Crippen molar-refractivity contribution in [3.63, 3.8) is 0 Å². The second kappa shape index (κ2) is 9.78. The van der Waals surface area contributed by atoms with Gasteiger partial charge in [0.2, 0.25) is 0 Å². The number of benzene rings is 2. The largest absolute Gasteiger partial charge is 0.463 e. The summed E-state index contributed by atoms with van der Waals surface area (Å²) >= 11 is 0. The number of nitrogens with one attached hydrogen (secondary N) is 1. The van der Waals surface area contributed by atoms with E-state index in [1.807, 2.05) is 29.2 Å². The third kappa shape index (κ3) is 5.85. The molecule has 2 aromatic rings. The lowest BCUT2D eigenvalue weighted by Gasteiger charge is -2.36. The molecule has 6 heteroatoms. The third-order valence-electron chi connectivity index (χ3n) is 4.79. The fraction of sp³-hybridized carbons (Fsp3) is 0.304. The van der Waals surface area contributed by atoms with Crippen LogP contribution in [0.3, 0.4) is 0 Å². The number of esters is 1. The van der Waals surface area contributed by atoms with Crippen molar-refractivity contribution in [3.05, 3.63) is 65.7 Å². The zero-order valence-electron chi connectivity index (χ0n) is 16.9. The maximum Gasteiger partial charge on any atom is 0.330 e. The summed E-state index contributed by atoms with van der Waals surface area (Å²) in [5.41, 5.74) is 4.03. The van der Waals surface area contributed by atoms with E-state index >= 15 is 0 Å². The first-order valence-corrected chi connectivity index (χ1v) is 9.87. The minimum atomic E-state index is -0.366. The minimum Gasteiger partial charge on any atom is -0.463 e. The van der Waals surface area contributed by atoms with Crippen LogP contribution in [0.15, 0.2) is 54.6 Å². The van der Waals surface area contributed by atoms with Gasteiger partial charge in [0.25, 0.3) is 0 Å². The molecular weight excluding hydrogens is 366 g/mol. The molecule has 29 heavy (non-hydrogen) atoms. The quantitative estimate of drug-likeness (QED) is 0.618. The summed E-state index contributed by atoms with van der Waals surface area (Å²) in [5.74, 6) is -0.366. The molecule has 0 aromatic heterocycles. The highest BCUT2D eigenvalue weighted by Crippen LogP contribution is 2.18. The number of hydrogen-bond donors (Lipinski definition) is 1. The Morgan fingerprint density at radius 3 is 2.45 bits per heavy atom. The van der Waals surface area contributed by atoms with Crippen LogP contribution in [0.4, 0.5) is 16.2 Å². The summed E-state index contributed by atoms with van der Waals surface area (Å²) in [5, 5.41) is 2.94. The van der Waals surface area contributed by atoms with Crippen molar-refractivity contribution in [2.24, 2.45) is 0 Å². The lowest BCUT2D eigenvalue weighted by Crippen LogP contribution is -2.50. The number of amides is 2. The van der Waals surface area contributed by atoms with Crippen molar-refractivity contribution in [1.82, 2.24) is 4.90 Å². The van der Waals surface area contributed by atoms with Gasteiger partial charge in [-0.2, -0.15) is 0 Å². The van der Waals surface area contributed by atoms with E-state index in [9.17, 15) is 9.59 Å². The Hall–Kier alpha value is -3.28. The molecule has 6 nitrogen and oxygen atoms in total. The minimum absolute atomic E-state index is 0.0938. The molecule has 152 valence electrons. The number of urea groups is 1. The normalized spacial score (nSPS) is 14.1. The van der Waals surface area contributed by atoms with E-state index in [-0.39, 0.29) is 12.0 Å². The number of hydrogen-bond acceptors (Lipinski definition) is 4. The first-order valence-electron chi connectivity index (χ1n) is 9.87. The van der Waals surface area contributed by atoms with Crippen molar-refractivity contribution < 1.29 is 14.3 Å². The number of carbonyl (C=O) groups excluding carboxylic acids is 2. The Labute approximate surface area is 171 Å². The predicted molar refractivity (Wildman–Crippen MR) is 116 cm³/mol. The van der Waals surface area contributed by atoms with Gasteiger partial charge in [-0.05, 0) is 55.3 Å². The van der Waals surface area contributed by atoms with Gasteiger partial charge in [0.15, 0.2) is 0 Å². The molecule has 3 rings (SSSR count). The molecule has 1 heterocycles. The molecule has 2 aromatic carbocycles. The Balaban J connectivity index is 1.50. The fourth-order valence-corrected chi connectivity index (χ4v) is 3.23. The fourth-order valence-electron chi connectivity index (χ4n) is 3.23. The molecule has 0 spiro atoms. The second-order valence-corrected chi connectivity index (χ2v) is 6.95. The van der Waals surface area contributed by atoms with Gasteiger partial charge in [0.1, 0.15) is 0 Å². The SMILES string of the molecule is CCOC(=O)/C=C/c1ccc(NC(=O)N2CCN(c3cccc(C)c3)CC2)cc1. The lowest BCUT2D eigenvalue weighted by atomic mass is 10.2. The Kier molecular flexibility index (Phi) is 6.89. The van der Waals surface area contributed by atoms with Crippen LogP contribution in [-0.4, -0.2) is 49.7 Å². The molecule has 0 radical (unpaired) electrons. The van der Waals surface area contributed by atoms with Crippen LogP contribution < -0.4 is 10.2 Å². The molecule has 1 saturated heterocycles. The van der Waals surface area contributed by atoms with Crippen molar-refractivity contribution in [3.8, 4) is 0 Å². The van der Waals surface area contributed by atoms with Crippen molar-refractivity contribution in [2.75, 3.05) is 43.0 Å². The Morgan fingerprint density at radius 1 is 1.07 bits per heavy atom. The van der Waals surface area contributed by atoms with Gasteiger partial charge in [-0.25, -0.2) is 9.59 Å². The van der Waals surface area contributed by atoms with Crippen LogP contribution in [0.2, 0.25) is 0 Å². The molecule has 1 fully saturated rings. The van der Waals surface area contributed by atoms with Crippen molar-refractivity contribution in [2.45, 2.75) is 13.8 Å². The van der Waals surface area contributed by atoms with Crippen LogP contribution in [0.5, 0.6) is 0 Å². The predicted octanol–water partition coefficient (Wildman–Crippen LogP) is 3.93. The molecule has 1 aliphatic heterocycles. The maximum atomic E-state index is 12.6. The van der Waals surface area contributed by atoms with Crippen LogP contribution in [0.25, 0.3) is 6.08 Å². The number of rotatable bonds is 5. The topological polar surface area (TPSA) is 61.9 Å². The summed E-state index contributed by atoms with van der Waals surface area (Å²) in [6.45, 7) is 7.20. The highest BCUT2D eigenvalue weighted by Gasteiger charge is 2.21. The Morgan fingerprint density at radius 2 is 1.79 bits per heavy atom. The van der Waals surface area contributed by atoms with Crippen LogP contribution in [-0.2, 0) is 9.53 Å². The smallest absolute Gasteiger partial charge is 0.330 e. The first-order chi connectivity index (χ1) is 14.0. The van der Waals surface area contributed by atoms with Crippen molar-refractivity contribution in [1.29, 1.82) is 0 Å². The number of carbonyl (C=O) groups is 2. The number of aryl methyl sites for hydroxylation is 1. The van der Waals surface area contributed by atoms with E-state index in [1.165, 1.54) is 17.3 Å². The van der Waals surface area contributed by atoms with E-state index in [4.69, 9.17) is 4.74 Å². The number of nitrogens with zero attached hydrogens (tertiary/aromatic N) is 2. The standard InChI is InChI=1S/C23H27N3O3/c1-3-29-22(27)12-9-19-7-10-20(11-8-19)24-23(28)26-15-13-25(14-16-26)21-6-4-5-18(2)17-21/h4-12,17H,3,13-16H2,1-2H3,(H,24,28)/b12-9+. The third-order valence-corrected chi connectivity index (χ3v) is 4.79. The molecule has 2 amide bonds.